The van der Waals surface area contributed by atoms with Crippen LogP contribution in [0.5, 0.6) is 0 Å². The predicted molar refractivity (Wildman–Crippen MR) is 49.6 cm³/mol. The SMILES string of the molecule is CSOCC(O)C(C)COS. The van der Waals surface area contributed by atoms with Gasteiger partial charge in [-0.05, 0) is 25.0 Å². The lowest BCUT2D eigenvalue weighted by Gasteiger charge is -2.16. The van der Waals surface area contributed by atoms with Gasteiger partial charge in [0.25, 0.3) is 0 Å². The molecule has 0 aliphatic carbocycles. The van der Waals surface area contributed by atoms with Gasteiger partial charge in [-0.2, -0.15) is 0 Å². The maximum Gasteiger partial charge on any atom is 0.0876 e. The number of hydrogen-bond acceptors (Lipinski definition) is 5. The van der Waals surface area contributed by atoms with Gasteiger partial charge in [0, 0.05) is 12.2 Å². The van der Waals surface area contributed by atoms with Crippen LogP contribution < -0.4 is 0 Å². The van der Waals surface area contributed by atoms with Gasteiger partial charge in [0.2, 0.25) is 0 Å². The molecule has 0 amide bonds. The second kappa shape index (κ2) is 7.24. The summed E-state index contributed by atoms with van der Waals surface area (Å²) in [4.78, 5) is 0. The Balaban J connectivity index is 3.38. The van der Waals surface area contributed by atoms with Gasteiger partial charge in [-0.3, -0.25) is 0 Å². The summed E-state index contributed by atoms with van der Waals surface area (Å²) in [7, 11) is 0. The largest absolute Gasteiger partial charge is 0.390 e. The molecule has 0 rings (SSSR count). The van der Waals surface area contributed by atoms with E-state index in [2.05, 4.69) is 17.1 Å². The molecule has 0 saturated heterocycles. The van der Waals surface area contributed by atoms with E-state index in [0.29, 0.717) is 13.2 Å². The van der Waals surface area contributed by atoms with E-state index in [4.69, 9.17) is 4.18 Å². The Morgan fingerprint density at radius 3 is 2.64 bits per heavy atom. The Morgan fingerprint density at radius 2 is 2.18 bits per heavy atom. The minimum Gasteiger partial charge on any atom is -0.390 e. The Bertz CT molecular complexity index is 91.9. The van der Waals surface area contributed by atoms with Crippen molar-refractivity contribution in [2.24, 2.45) is 5.92 Å². The van der Waals surface area contributed by atoms with Crippen LogP contribution in [0.4, 0.5) is 0 Å². The topological polar surface area (TPSA) is 38.7 Å². The standard InChI is InChI=1S/C6H14O3S2/c1-5(3-8-10)6(7)4-9-11-2/h5-7,10H,3-4H2,1-2H3. The van der Waals surface area contributed by atoms with Crippen molar-refractivity contribution in [3.8, 4) is 0 Å². The minimum absolute atomic E-state index is 0.0552. The Morgan fingerprint density at radius 1 is 1.55 bits per heavy atom. The number of hydrogen-bond donors (Lipinski definition) is 2. The van der Waals surface area contributed by atoms with Gasteiger partial charge in [-0.1, -0.05) is 6.92 Å². The molecule has 0 aromatic heterocycles. The summed E-state index contributed by atoms with van der Waals surface area (Å²) in [6.45, 7) is 2.64. The molecule has 0 spiro atoms. The molecule has 3 nitrogen and oxygen atoms in total. The third-order valence-electron chi connectivity index (χ3n) is 1.35. The van der Waals surface area contributed by atoms with E-state index in [-0.39, 0.29) is 5.92 Å². The molecule has 0 saturated carbocycles. The summed E-state index contributed by atoms with van der Waals surface area (Å²) in [5.74, 6) is 0.0552. The van der Waals surface area contributed by atoms with E-state index in [0.717, 1.165) is 0 Å². The van der Waals surface area contributed by atoms with Crippen molar-refractivity contribution >= 4 is 25.0 Å². The van der Waals surface area contributed by atoms with Gasteiger partial charge >= 0.3 is 0 Å². The summed E-state index contributed by atoms with van der Waals surface area (Å²) in [5.41, 5.74) is 0. The maximum atomic E-state index is 9.33. The van der Waals surface area contributed by atoms with Crippen molar-refractivity contribution < 1.29 is 13.5 Å². The van der Waals surface area contributed by atoms with E-state index in [1.54, 1.807) is 0 Å². The monoisotopic (exact) mass is 198 g/mol. The van der Waals surface area contributed by atoms with Gasteiger partial charge in [-0.15, -0.1) is 0 Å². The molecule has 0 heterocycles. The Kier molecular flexibility index (Phi) is 7.62. The summed E-state index contributed by atoms with van der Waals surface area (Å²) < 4.78 is 9.53. The molecule has 0 fully saturated rings. The summed E-state index contributed by atoms with van der Waals surface area (Å²) in [6.07, 6.45) is 1.33. The first-order valence-corrected chi connectivity index (χ1v) is 4.84. The molecule has 0 aromatic carbocycles. The smallest absolute Gasteiger partial charge is 0.0876 e. The van der Waals surface area contributed by atoms with Crippen molar-refractivity contribution in [2.45, 2.75) is 13.0 Å². The fraction of sp³-hybridized carbons (Fsp3) is 1.00. The lowest BCUT2D eigenvalue weighted by Crippen LogP contribution is -2.25. The maximum absolute atomic E-state index is 9.33. The van der Waals surface area contributed by atoms with Gasteiger partial charge < -0.3 is 13.5 Å². The average molecular weight is 198 g/mol. The fourth-order valence-electron chi connectivity index (χ4n) is 0.531. The number of aliphatic hydroxyl groups excluding tert-OH is 1. The van der Waals surface area contributed by atoms with Crippen LogP contribution >= 0.6 is 25.0 Å². The zero-order chi connectivity index (χ0) is 8.69. The summed E-state index contributed by atoms with van der Waals surface area (Å²) in [5, 5.41) is 9.33. The molecule has 0 aromatic rings. The molecule has 2 atom stereocenters. The molecule has 1 N–H and O–H groups in total. The third kappa shape index (κ3) is 5.81. The molecule has 11 heavy (non-hydrogen) atoms. The summed E-state index contributed by atoms with van der Waals surface area (Å²) in [6, 6.07) is 0. The molecule has 5 heteroatoms. The first-order chi connectivity index (χ1) is 5.22. The Labute approximate surface area is 77.3 Å². The second-order valence-electron chi connectivity index (χ2n) is 2.29. The fourth-order valence-corrected chi connectivity index (χ4v) is 1.04. The van der Waals surface area contributed by atoms with E-state index in [9.17, 15) is 5.11 Å². The number of thiol groups is 1. The molecule has 0 bridgehead atoms. The van der Waals surface area contributed by atoms with Crippen LogP contribution in [-0.4, -0.2) is 30.7 Å². The van der Waals surface area contributed by atoms with Crippen LogP contribution in [-0.2, 0) is 8.37 Å². The van der Waals surface area contributed by atoms with Crippen LogP contribution in [0.2, 0.25) is 0 Å². The van der Waals surface area contributed by atoms with Gasteiger partial charge in [-0.25, -0.2) is 0 Å². The second-order valence-corrected chi connectivity index (χ2v) is 3.12. The molecule has 0 aliphatic heterocycles. The third-order valence-corrected chi connectivity index (χ3v) is 1.87. The summed E-state index contributed by atoms with van der Waals surface area (Å²) >= 11 is 4.83. The average Bonchev–Trinajstić information content (AvgIpc) is 2.00. The molecular formula is C6H14O3S2. The van der Waals surface area contributed by atoms with Crippen LogP contribution in [0.1, 0.15) is 6.92 Å². The molecular weight excluding hydrogens is 184 g/mol. The van der Waals surface area contributed by atoms with Gasteiger partial charge in [0.1, 0.15) is 0 Å². The highest BCUT2D eigenvalue weighted by atomic mass is 32.2. The van der Waals surface area contributed by atoms with Crippen molar-refractivity contribution in [1.82, 2.24) is 0 Å². The van der Waals surface area contributed by atoms with Crippen molar-refractivity contribution in [3.05, 3.63) is 0 Å². The molecule has 0 radical (unpaired) electrons. The molecule has 68 valence electrons. The van der Waals surface area contributed by atoms with Crippen LogP contribution in [0.25, 0.3) is 0 Å². The van der Waals surface area contributed by atoms with Crippen molar-refractivity contribution in [3.63, 3.8) is 0 Å². The molecule has 2 unspecified atom stereocenters. The lowest BCUT2D eigenvalue weighted by molar-refractivity contribution is 0.0543. The predicted octanol–water partition coefficient (Wildman–Crippen LogP) is 1.14. The van der Waals surface area contributed by atoms with E-state index < -0.39 is 6.10 Å². The quantitative estimate of drug-likeness (QED) is 0.496. The normalized spacial score (nSPS) is 16.4. The minimum atomic E-state index is -0.477. The zero-order valence-corrected chi connectivity index (χ0v) is 8.40. The van der Waals surface area contributed by atoms with Gasteiger partial charge in [0.15, 0.2) is 0 Å². The van der Waals surface area contributed by atoms with E-state index >= 15 is 0 Å². The first kappa shape index (κ1) is 11.6. The zero-order valence-electron chi connectivity index (χ0n) is 6.69. The number of aliphatic hydroxyl groups is 1. The molecule has 0 aliphatic rings. The van der Waals surface area contributed by atoms with Crippen molar-refractivity contribution in [2.75, 3.05) is 19.5 Å². The number of rotatable bonds is 6. The highest BCUT2D eigenvalue weighted by Gasteiger charge is 2.13. The van der Waals surface area contributed by atoms with Crippen molar-refractivity contribution in [1.29, 1.82) is 0 Å². The lowest BCUT2D eigenvalue weighted by atomic mass is 10.1. The van der Waals surface area contributed by atoms with Crippen LogP contribution in [0.15, 0.2) is 0 Å². The van der Waals surface area contributed by atoms with E-state index in [1.165, 1.54) is 12.0 Å². The Hall–Kier alpha value is 0.580. The highest BCUT2D eigenvalue weighted by molar-refractivity contribution is 7.93. The van der Waals surface area contributed by atoms with Gasteiger partial charge in [0.05, 0.1) is 19.3 Å². The highest BCUT2D eigenvalue weighted by Crippen LogP contribution is 2.07. The first-order valence-electron chi connectivity index (χ1n) is 3.32. The van der Waals surface area contributed by atoms with Crippen LogP contribution in [0, 0.1) is 5.92 Å². The van der Waals surface area contributed by atoms with E-state index in [1.807, 2.05) is 13.2 Å². The van der Waals surface area contributed by atoms with Crippen LogP contribution in [0.3, 0.4) is 0 Å².